The van der Waals surface area contributed by atoms with Gasteiger partial charge < -0.3 is 15.0 Å². The molecule has 1 aliphatic rings. The van der Waals surface area contributed by atoms with E-state index in [1.165, 1.54) is 4.90 Å². The molecule has 0 aromatic heterocycles. The van der Waals surface area contributed by atoms with Gasteiger partial charge in [-0.1, -0.05) is 90.5 Å². The lowest BCUT2D eigenvalue weighted by Crippen LogP contribution is -2.46. The van der Waals surface area contributed by atoms with Crippen molar-refractivity contribution in [3.63, 3.8) is 0 Å². The highest BCUT2D eigenvalue weighted by Gasteiger charge is 2.48. The van der Waals surface area contributed by atoms with Gasteiger partial charge in [-0.25, -0.2) is 4.79 Å². The average Bonchev–Trinajstić information content (AvgIpc) is 3.29. The molecule has 7 nitrogen and oxygen atoms in total. The fourth-order valence-corrected chi connectivity index (χ4v) is 4.84. The molecule has 40 heavy (non-hydrogen) atoms. The van der Waals surface area contributed by atoms with E-state index in [1.807, 2.05) is 85.8 Å². The smallest absolute Gasteiger partial charge is 0.411 e. The van der Waals surface area contributed by atoms with Crippen molar-refractivity contribution in [1.82, 2.24) is 9.80 Å². The molecule has 3 amide bonds. The van der Waals surface area contributed by atoms with Gasteiger partial charge in [-0.15, -0.1) is 0 Å². The predicted molar refractivity (Wildman–Crippen MR) is 153 cm³/mol. The first-order valence-electron chi connectivity index (χ1n) is 13.2. The Bertz CT molecular complexity index is 1490. The first-order chi connectivity index (χ1) is 19.4. The third-order valence-corrected chi connectivity index (χ3v) is 6.96. The maximum absolute atomic E-state index is 13.9. The second-order valence-electron chi connectivity index (χ2n) is 9.99. The van der Waals surface area contributed by atoms with Gasteiger partial charge in [0.2, 0.25) is 5.91 Å². The minimum absolute atomic E-state index is 0.232. The second-order valence-corrected chi connectivity index (χ2v) is 9.99. The molecule has 0 spiro atoms. The van der Waals surface area contributed by atoms with Crippen molar-refractivity contribution in [3.05, 3.63) is 137 Å². The summed E-state index contributed by atoms with van der Waals surface area (Å²) < 4.78 is 5.85. The Hall–Kier alpha value is -4.91. The third-order valence-electron chi connectivity index (χ3n) is 6.96. The normalized spacial score (nSPS) is 16.4. The van der Waals surface area contributed by atoms with E-state index >= 15 is 0 Å². The third kappa shape index (κ3) is 6.04. The summed E-state index contributed by atoms with van der Waals surface area (Å²) in [5.41, 5.74) is 4.64. The van der Waals surface area contributed by atoms with Gasteiger partial charge in [0.05, 0.1) is 6.54 Å². The molecule has 1 heterocycles. The topological polar surface area (TPSA) is 79.0 Å². The van der Waals surface area contributed by atoms with Crippen LogP contribution in [0.1, 0.15) is 38.7 Å². The summed E-state index contributed by atoms with van der Waals surface area (Å²) in [6, 6.07) is 32.8. The highest BCUT2D eigenvalue weighted by Crippen LogP contribution is 2.36. The van der Waals surface area contributed by atoms with E-state index in [2.05, 4.69) is 5.32 Å². The molecule has 1 saturated heterocycles. The van der Waals surface area contributed by atoms with Crippen LogP contribution in [-0.4, -0.2) is 40.8 Å². The van der Waals surface area contributed by atoms with E-state index in [0.29, 0.717) is 23.4 Å². The van der Waals surface area contributed by atoms with Crippen LogP contribution in [0.2, 0.25) is 0 Å². The second kappa shape index (κ2) is 11.9. The monoisotopic (exact) mass is 533 g/mol. The van der Waals surface area contributed by atoms with Gasteiger partial charge in [0.15, 0.2) is 12.1 Å². The number of anilines is 1. The number of hydrogen-bond donors (Lipinski definition) is 1. The zero-order valence-electron chi connectivity index (χ0n) is 22.5. The number of ether oxygens (including phenoxy) is 1. The summed E-state index contributed by atoms with van der Waals surface area (Å²) in [5, 5.41) is 2.91. The molecule has 0 bridgehead atoms. The summed E-state index contributed by atoms with van der Waals surface area (Å²) in [7, 11) is 1.73. The molecule has 0 radical (unpaired) electrons. The Morgan fingerprint density at radius 2 is 1.50 bits per heavy atom. The van der Waals surface area contributed by atoms with Crippen LogP contribution >= 0.6 is 0 Å². The van der Waals surface area contributed by atoms with E-state index in [-0.39, 0.29) is 18.4 Å². The molecule has 5 rings (SSSR count). The number of likely N-dealkylation sites (N-methyl/N-ethyl adjacent to an activating group) is 1. The molecule has 1 fully saturated rings. The number of hydrogen-bond acceptors (Lipinski definition) is 4. The van der Waals surface area contributed by atoms with E-state index in [4.69, 9.17) is 4.74 Å². The first kappa shape index (κ1) is 26.7. The maximum Gasteiger partial charge on any atom is 0.411 e. The maximum atomic E-state index is 13.9. The van der Waals surface area contributed by atoms with Crippen LogP contribution in [0.4, 0.5) is 10.5 Å². The highest BCUT2D eigenvalue weighted by atomic mass is 16.6. The molecule has 2 atom stereocenters. The fraction of sp³-hybridized carbons (Fsp3) is 0.182. The molecule has 202 valence electrons. The Balaban J connectivity index is 1.42. The molecule has 1 aliphatic heterocycles. The van der Waals surface area contributed by atoms with Crippen LogP contribution < -0.4 is 5.32 Å². The van der Waals surface area contributed by atoms with Crippen LogP contribution in [0, 0.1) is 6.92 Å². The van der Waals surface area contributed by atoms with Crippen LogP contribution in [0.5, 0.6) is 0 Å². The molecule has 0 saturated carbocycles. The Morgan fingerprint density at radius 3 is 2.17 bits per heavy atom. The highest BCUT2D eigenvalue weighted by molar-refractivity contribution is 6.04. The van der Waals surface area contributed by atoms with Gasteiger partial charge in [0.25, 0.3) is 5.91 Å². The number of nitrogens with zero attached hydrogens (tertiary/aromatic N) is 2. The summed E-state index contributed by atoms with van der Waals surface area (Å²) in [5.74, 6) is -0.480. The van der Waals surface area contributed by atoms with Gasteiger partial charge >= 0.3 is 6.09 Å². The van der Waals surface area contributed by atoms with Crippen LogP contribution in [-0.2, 0) is 22.6 Å². The number of cyclic esters (lactones) is 1. The van der Waals surface area contributed by atoms with Gasteiger partial charge in [-0.3, -0.25) is 14.5 Å². The fourth-order valence-electron chi connectivity index (χ4n) is 4.84. The van der Waals surface area contributed by atoms with E-state index < -0.39 is 18.2 Å². The lowest BCUT2D eigenvalue weighted by molar-refractivity contribution is -0.136. The van der Waals surface area contributed by atoms with Gasteiger partial charge in [0, 0.05) is 24.8 Å². The molecular weight excluding hydrogens is 502 g/mol. The minimum atomic E-state index is -0.885. The molecule has 0 aliphatic carbocycles. The zero-order valence-corrected chi connectivity index (χ0v) is 22.5. The first-order valence-corrected chi connectivity index (χ1v) is 13.2. The summed E-state index contributed by atoms with van der Waals surface area (Å²) in [6.45, 7) is 2.59. The number of carbonyl (C=O) groups excluding carboxylic acids is 3. The molecule has 1 N–H and O–H groups in total. The summed E-state index contributed by atoms with van der Waals surface area (Å²) in [6.07, 6.45) is -1.41. The Kier molecular flexibility index (Phi) is 7.92. The van der Waals surface area contributed by atoms with Crippen molar-refractivity contribution < 1.29 is 19.1 Å². The number of rotatable bonds is 8. The number of nitrogens with one attached hydrogen (secondary N) is 1. The summed E-state index contributed by atoms with van der Waals surface area (Å²) >= 11 is 0. The predicted octanol–water partition coefficient (Wildman–Crippen LogP) is 5.97. The molecule has 4 aromatic carbocycles. The van der Waals surface area contributed by atoms with Crippen molar-refractivity contribution in [2.75, 3.05) is 12.4 Å². The van der Waals surface area contributed by atoms with Crippen molar-refractivity contribution >= 4 is 23.6 Å². The largest absolute Gasteiger partial charge is 0.438 e. The van der Waals surface area contributed by atoms with Crippen LogP contribution in [0.15, 0.2) is 109 Å². The number of benzene rings is 4. The van der Waals surface area contributed by atoms with Crippen molar-refractivity contribution in [3.8, 4) is 0 Å². The van der Waals surface area contributed by atoms with Crippen molar-refractivity contribution in [2.45, 2.75) is 32.2 Å². The Labute approximate surface area is 234 Å². The zero-order chi connectivity index (χ0) is 28.1. The van der Waals surface area contributed by atoms with Crippen LogP contribution in [0.25, 0.3) is 0 Å². The Morgan fingerprint density at radius 1 is 0.850 bits per heavy atom. The van der Waals surface area contributed by atoms with E-state index in [1.54, 1.807) is 42.3 Å². The van der Waals surface area contributed by atoms with Gasteiger partial charge in [-0.05, 0) is 47.9 Å². The molecule has 7 heteroatoms. The van der Waals surface area contributed by atoms with E-state index in [9.17, 15) is 14.4 Å². The SMILES string of the molecule is Cc1ccc(C(=O)Nc2cccc(C3OC(=O)N(Cc4ccccc4)C3C(=O)N(C)Cc3ccccc3)c2)cc1. The molecule has 4 aromatic rings. The minimum Gasteiger partial charge on any atom is -0.438 e. The van der Waals surface area contributed by atoms with E-state index in [0.717, 1.165) is 16.7 Å². The number of carbonyl (C=O) groups is 3. The quantitative estimate of drug-likeness (QED) is 0.303. The van der Waals surface area contributed by atoms with Crippen molar-refractivity contribution in [2.24, 2.45) is 0 Å². The lowest BCUT2D eigenvalue weighted by atomic mass is 9.99. The number of aryl methyl sites for hydroxylation is 1. The van der Waals surface area contributed by atoms with Gasteiger partial charge in [-0.2, -0.15) is 0 Å². The van der Waals surface area contributed by atoms with Crippen molar-refractivity contribution in [1.29, 1.82) is 0 Å². The lowest BCUT2D eigenvalue weighted by Gasteiger charge is -2.28. The summed E-state index contributed by atoms with van der Waals surface area (Å²) in [4.78, 5) is 43.1. The standard InChI is InChI=1S/C33H31N3O4/c1-23-16-18-26(19-17-23)31(37)34-28-15-9-14-27(20-28)30-29(32(38)35(2)21-24-10-5-3-6-11-24)36(33(39)40-30)22-25-12-7-4-8-13-25/h3-20,29-30H,21-22H2,1-2H3,(H,34,37). The van der Waals surface area contributed by atoms with Gasteiger partial charge in [0.1, 0.15) is 0 Å². The molecule has 2 unspecified atom stereocenters. The van der Waals surface area contributed by atoms with Crippen LogP contribution in [0.3, 0.4) is 0 Å². The molecular formula is C33H31N3O4. The number of amides is 3. The average molecular weight is 534 g/mol.